The van der Waals surface area contributed by atoms with E-state index in [2.05, 4.69) is 30.7 Å². The first-order chi connectivity index (χ1) is 13.1. The lowest BCUT2D eigenvalue weighted by Gasteiger charge is -2.04. The van der Waals surface area contributed by atoms with Gasteiger partial charge in [-0.05, 0) is 31.0 Å². The SMILES string of the molecule is [2H]C([2H])(C(=O)Nc1n[nH]c(-c2ccnnc2)c1C)C([2H])([2H])c1ccc(Cl)nc1. The molecule has 0 bridgehead atoms. The van der Waals surface area contributed by atoms with E-state index < -0.39 is 18.7 Å². The summed E-state index contributed by atoms with van der Waals surface area (Å²) in [5.41, 5.74) is 1.70. The number of hydrogen-bond acceptors (Lipinski definition) is 5. The first kappa shape index (κ1) is 11.7. The predicted molar refractivity (Wildman–Crippen MR) is 90.5 cm³/mol. The zero-order valence-corrected chi connectivity index (χ0v) is 13.3. The summed E-state index contributed by atoms with van der Waals surface area (Å²) in [5, 5.41) is 16.7. The number of anilines is 1. The number of amides is 1. The summed E-state index contributed by atoms with van der Waals surface area (Å²) >= 11 is 5.69. The number of carbonyl (C=O) groups is 1. The molecule has 0 aromatic carbocycles. The quantitative estimate of drug-likeness (QED) is 0.692. The molecule has 0 aliphatic rings. The molecule has 0 fully saturated rings. The van der Waals surface area contributed by atoms with Gasteiger partial charge < -0.3 is 5.32 Å². The van der Waals surface area contributed by atoms with Crippen LogP contribution in [0.15, 0.2) is 36.8 Å². The number of aromatic nitrogens is 5. The number of nitrogens with one attached hydrogen (secondary N) is 2. The van der Waals surface area contributed by atoms with Gasteiger partial charge in [-0.3, -0.25) is 9.89 Å². The number of aryl methyl sites for hydroxylation is 1. The van der Waals surface area contributed by atoms with Gasteiger partial charge in [0.05, 0.1) is 18.1 Å². The van der Waals surface area contributed by atoms with Gasteiger partial charge in [-0.1, -0.05) is 17.7 Å². The van der Waals surface area contributed by atoms with Gasteiger partial charge in [0, 0.05) is 29.2 Å². The second-order valence-electron chi connectivity index (χ2n) is 4.78. The van der Waals surface area contributed by atoms with E-state index in [-0.39, 0.29) is 16.5 Å². The van der Waals surface area contributed by atoms with Crippen LogP contribution >= 0.6 is 11.6 Å². The molecule has 0 unspecified atom stereocenters. The van der Waals surface area contributed by atoms with Crippen LogP contribution in [-0.2, 0) is 11.2 Å². The first-order valence-corrected chi connectivity index (χ1v) is 7.28. The van der Waals surface area contributed by atoms with Crippen molar-refractivity contribution in [3.63, 3.8) is 0 Å². The third kappa shape index (κ3) is 3.75. The van der Waals surface area contributed by atoms with Crippen LogP contribution < -0.4 is 5.32 Å². The van der Waals surface area contributed by atoms with Crippen molar-refractivity contribution in [1.29, 1.82) is 0 Å². The Kier molecular flexibility index (Phi) is 3.50. The van der Waals surface area contributed by atoms with Crippen molar-refractivity contribution in [1.82, 2.24) is 25.4 Å². The second-order valence-corrected chi connectivity index (χ2v) is 5.16. The fourth-order valence-corrected chi connectivity index (χ4v) is 2.07. The van der Waals surface area contributed by atoms with Crippen molar-refractivity contribution >= 4 is 23.3 Å². The number of nitrogens with zero attached hydrogens (tertiary/aromatic N) is 4. The molecular weight excluding hydrogens is 328 g/mol. The van der Waals surface area contributed by atoms with Crippen molar-refractivity contribution < 1.29 is 10.3 Å². The van der Waals surface area contributed by atoms with E-state index in [0.29, 0.717) is 16.8 Å². The van der Waals surface area contributed by atoms with E-state index in [0.717, 1.165) is 6.20 Å². The summed E-state index contributed by atoms with van der Waals surface area (Å²) in [5.74, 6) is -1.09. The Hall–Kier alpha value is -2.80. The molecule has 1 amide bonds. The maximum Gasteiger partial charge on any atom is 0.225 e. The minimum Gasteiger partial charge on any atom is -0.309 e. The van der Waals surface area contributed by atoms with Gasteiger partial charge in [0.2, 0.25) is 5.91 Å². The monoisotopic (exact) mass is 346 g/mol. The smallest absolute Gasteiger partial charge is 0.225 e. The molecule has 3 heterocycles. The fourth-order valence-electron chi connectivity index (χ4n) is 1.96. The highest BCUT2D eigenvalue weighted by Gasteiger charge is 2.13. The molecule has 0 atom stereocenters. The zero-order valence-electron chi connectivity index (χ0n) is 16.5. The lowest BCUT2D eigenvalue weighted by atomic mass is 10.1. The Morgan fingerprint density at radius 2 is 2.21 bits per heavy atom. The largest absolute Gasteiger partial charge is 0.309 e. The molecule has 7 nitrogen and oxygen atoms in total. The lowest BCUT2D eigenvalue weighted by molar-refractivity contribution is -0.116. The van der Waals surface area contributed by atoms with Gasteiger partial charge in [-0.15, -0.1) is 0 Å². The average Bonchev–Trinajstić information content (AvgIpc) is 3.03. The molecule has 0 saturated heterocycles. The summed E-state index contributed by atoms with van der Waals surface area (Å²) in [4.78, 5) is 16.3. The Labute approximate surface area is 149 Å². The van der Waals surface area contributed by atoms with Crippen LogP contribution in [0, 0.1) is 6.92 Å². The maximum absolute atomic E-state index is 12.6. The van der Waals surface area contributed by atoms with Crippen LogP contribution in [-0.4, -0.2) is 31.3 Å². The first-order valence-electron chi connectivity index (χ1n) is 8.90. The Bertz CT molecular complexity index is 994. The molecule has 122 valence electrons. The summed E-state index contributed by atoms with van der Waals surface area (Å²) in [7, 11) is 0. The highest BCUT2D eigenvalue weighted by atomic mass is 35.5. The van der Waals surface area contributed by atoms with Gasteiger partial charge in [0.15, 0.2) is 5.82 Å². The van der Waals surface area contributed by atoms with Crippen LogP contribution in [0.2, 0.25) is 5.15 Å². The summed E-state index contributed by atoms with van der Waals surface area (Å²) in [6.07, 6.45) is -1.45. The topological polar surface area (TPSA) is 96.5 Å². The van der Waals surface area contributed by atoms with Crippen LogP contribution in [0.5, 0.6) is 0 Å². The number of H-pyrrole nitrogens is 1. The van der Waals surface area contributed by atoms with E-state index >= 15 is 0 Å². The molecular formula is C16H15ClN6O. The predicted octanol–water partition coefficient (Wildman–Crippen LogP) is 2.79. The van der Waals surface area contributed by atoms with Gasteiger partial charge in [-0.2, -0.15) is 15.3 Å². The van der Waals surface area contributed by atoms with Crippen molar-refractivity contribution in [3.8, 4) is 11.3 Å². The summed E-state index contributed by atoms with van der Waals surface area (Å²) in [6, 6.07) is 4.31. The Morgan fingerprint density at radius 1 is 1.33 bits per heavy atom. The molecule has 2 N–H and O–H groups in total. The third-order valence-corrected chi connectivity index (χ3v) is 3.39. The highest BCUT2D eigenvalue weighted by molar-refractivity contribution is 6.29. The van der Waals surface area contributed by atoms with E-state index in [9.17, 15) is 4.79 Å². The molecule has 24 heavy (non-hydrogen) atoms. The molecule has 3 rings (SSSR count). The van der Waals surface area contributed by atoms with Crippen molar-refractivity contribution in [2.75, 3.05) is 5.32 Å². The highest BCUT2D eigenvalue weighted by Crippen LogP contribution is 2.24. The van der Waals surface area contributed by atoms with Crippen LogP contribution in [0.1, 0.15) is 23.0 Å². The van der Waals surface area contributed by atoms with Gasteiger partial charge in [0.1, 0.15) is 5.15 Å². The average molecular weight is 347 g/mol. The van der Waals surface area contributed by atoms with Crippen LogP contribution in [0.25, 0.3) is 11.3 Å². The van der Waals surface area contributed by atoms with Gasteiger partial charge >= 0.3 is 0 Å². The molecule has 0 aliphatic carbocycles. The van der Waals surface area contributed by atoms with E-state index in [4.69, 9.17) is 17.1 Å². The van der Waals surface area contributed by atoms with Crippen molar-refractivity contribution in [3.05, 3.63) is 53.1 Å². The van der Waals surface area contributed by atoms with Crippen molar-refractivity contribution in [2.45, 2.75) is 19.7 Å². The number of hydrogen-bond donors (Lipinski definition) is 2. The molecule has 0 spiro atoms. The number of carbonyl (C=O) groups excluding carboxylic acids is 1. The number of aromatic amines is 1. The summed E-state index contributed by atoms with van der Waals surface area (Å²) in [6.45, 7) is 1.68. The molecule has 0 saturated carbocycles. The fraction of sp³-hybridized carbons (Fsp3) is 0.188. The van der Waals surface area contributed by atoms with E-state index in [1.165, 1.54) is 24.5 Å². The normalized spacial score (nSPS) is 14.2. The maximum atomic E-state index is 12.6. The van der Waals surface area contributed by atoms with Crippen molar-refractivity contribution in [2.24, 2.45) is 0 Å². The molecule has 3 aromatic rings. The third-order valence-electron chi connectivity index (χ3n) is 3.16. The molecule has 3 aromatic heterocycles. The van der Waals surface area contributed by atoms with E-state index in [1.54, 1.807) is 13.0 Å². The Balaban J connectivity index is 1.86. The standard InChI is InChI=1S/C16H15ClN6O/c1-10-15(12-6-7-19-20-9-12)22-23-16(10)21-14(24)5-3-11-2-4-13(17)18-8-11/h2,4,6-9H,3,5H2,1H3,(H2,21,22,23,24)/i3D2,5D2. The van der Waals surface area contributed by atoms with Crippen LogP contribution in [0.4, 0.5) is 5.82 Å². The summed E-state index contributed by atoms with van der Waals surface area (Å²) < 4.78 is 32.4. The minimum absolute atomic E-state index is 0.0886. The molecule has 8 heteroatoms. The molecule has 0 aliphatic heterocycles. The Morgan fingerprint density at radius 3 is 2.92 bits per heavy atom. The number of halogens is 1. The van der Waals surface area contributed by atoms with Crippen LogP contribution in [0.3, 0.4) is 0 Å². The van der Waals surface area contributed by atoms with Gasteiger partial charge in [0.25, 0.3) is 0 Å². The zero-order chi connectivity index (χ0) is 20.5. The number of rotatable bonds is 5. The number of pyridine rings is 1. The molecule has 0 radical (unpaired) electrons. The second kappa shape index (κ2) is 7.18. The lowest BCUT2D eigenvalue weighted by Crippen LogP contribution is -2.13. The van der Waals surface area contributed by atoms with Gasteiger partial charge in [-0.25, -0.2) is 4.98 Å². The van der Waals surface area contributed by atoms with E-state index in [1.807, 2.05) is 0 Å². The minimum atomic E-state index is -2.91.